The SMILES string of the molecule is CCCc1cc(C)c(=O)n2c1CC=CC(Cc1cccc(Cl)c1F)=C2. The average molecular weight is 358 g/mol. The highest BCUT2D eigenvalue weighted by Gasteiger charge is 2.14. The Hall–Kier alpha value is -2.13. The largest absolute Gasteiger partial charge is 0.287 e. The minimum Gasteiger partial charge on any atom is -0.287 e. The van der Waals surface area contributed by atoms with Gasteiger partial charge in [0.15, 0.2) is 0 Å². The van der Waals surface area contributed by atoms with Gasteiger partial charge in [-0.15, -0.1) is 0 Å². The van der Waals surface area contributed by atoms with Gasteiger partial charge in [0.05, 0.1) is 5.02 Å². The Morgan fingerprint density at radius 3 is 2.84 bits per heavy atom. The van der Waals surface area contributed by atoms with Gasteiger partial charge in [0, 0.05) is 30.3 Å². The normalized spacial score (nSPS) is 13.4. The number of hydrogen-bond donors (Lipinski definition) is 0. The van der Waals surface area contributed by atoms with Crippen molar-refractivity contribution in [3.05, 3.63) is 85.6 Å². The number of allylic oxidation sites excluding steroid dienone is 3. The van der Waals surface area contributed by atoms with Crippen molar-refractivity contribution in [3.63, 3.8) is 0 Å². The number of aryl methyl sites for hydroxylation is 2. The molecule has 0 saturated heterocycles. The fraction of sp³-hybridized carbons (Fsp3) is 0.286. The van der Waals surface area contributed by atoms with Crippen molar-refractivity contribution < 1.29 is 4.39 Å². The van der Waals surface area contributed by atoms with Gasteiger partial charge in [-0.25, -0.2) is 4.39 Å². The zero-order valence-corrected chi connectivity index (χ0v) is 15.2. The molecular weight excluding hydrogens is 337 g/mol. The van der Waals surface area contributed by atoms with Gasteiger partial charge < -0.3 is 0 Å². The first-order valence-corrected chi connectivity index (χ1v) is 8.93. The molecular formula is C21H21ClFNO. The first-order valence-electron chi connectivity index (χ1n) is 8.55. The molecule has 2 aromatic rings. The molecule has 0 bridgehead atoms. The van der Waals surface area contributed by atoms with E-state index >= 15 is 0 Å². The van der Waals surface area contributed by atoms with E-state index in [9.17, 15) is 9.18 Å². The number of halogens is 2. The molecule has 0 N–H and O–H groups in total. The van der Waals surface area contributed by atoms with Gasteiger partial charge in [0.25, 0.3) is 5.56 Å². The quantitative estimate of drug-likeness (QED) is 0.746. The van der Waals surface area contributed by atoms with Crippen LogP contribution in [0.5, 0.6) is 0 Å². The molecule has 0 atom stereocenters. The zero-order valence-electron chi connectivity index (χ0n) is 14.5. The summed E-state index contributed by atoms with van der Waals surface area (Å²) in [5.74, 6) is -0.397. The van der Waals surface area contributed by atoms with Crippen molar-refractivity contribution in [2.75, 3.05) is 0 Å². The van der Waals surface area contributed by atoms with Gasteiger partial charge in [-0.2, -0.15) is 0 Å². The minimum absolute atomic E-state index is 0.0115. The van der Waals surface area contributed by atoms with Crippen molar-refractivity contribution in [2.45, 2.75) is 39.5 Å². The lowest BCUT2D eigenvalue weighted by molar-refractivity contribution is 0.614. The maximum atomic E-state index is 14.2. The van der Waals surface area contributed by atoms with Crippen molar-refractivity contribution >= 4 is 17.8 Å². The van der Waals surface area contributed by atoms with Crippen LogP contribution < -0.4 is 5.56 Å². The molecule has 0 amide bonds. The molecule has 1 aromatic carbocycles. The second-order valence-electron chi connectivity index (χ2n) is 6.42. The number of hydrogen-bond acceptors (Lipinski definition) is 1. The summed E-state index contributed by atoms with van der Waals surface area (Å²) in [4.78, 5) is 12.6. The number of benzene rings is 1. The predicted octanol–water partition coefficient (Wildman–Crippen LogP) is 5.10. The Bertz CT molecular complexity index is 924. The van der Waals surface area contributed by atoms with Crippen molar-refractivity contribution in [3.8, 4) is 0 Å². The second kappa shape index (κ2) is 7.40. The smallest absolute Gasteiger partial charge is 0.257 e. The monoisotopic (exact) mass is 357 g/mol. The molecule has 0 unspecified atom stereocenters. The van der Waals surface area contributed by atoms with E-state index < -0.39 is 5.82 Å². The summed E-state index contributed by atoms with van der Waals surface area (Å²) in [6.07, 6.45) is 8.91. The number of nitrogens with zero attached hydrogens (tertiary/aromatic N) is 1. The van der Waals surface area contributed by atoms with Crippen LogP contribution in [0.15, 0.2) is 46.8 Å². The van der Waals surface area contributed by atoms with E-state index in [0.717, 1.165) is 29.7 Å². The number of pyridine rings is 1. The van der Waals surface area contributed by atoms with Crippen LogP contribution in [0.3, 0.4) is 0 Å². The molecule has 1 aromatic heterocycles. The predicted molar refractivity (Wildman–Crippen MR) is 102 cm³/mol. The third-order valence-corrected chi connectivity index (χ3v) is 4.78. The summed E-state index contributed by atoms with van der Waals surface area (Å²) in [5.41, 5.74) is 4.36. The highest BCUT2D eigenvalue weighted by Crippen LogP contribution is 2.23. The van der Waals surface area contributed by atoms with Crippen LogP contribution in [0.25, 0.3) is 6.20 Å². The van der Waals surface area contributed by atoms with Crippen molar-refractivity contribution in [1.29, 1.82) is 0 Å². The number of fused-ring (bicyclic) bond motifs is 1. The average Bonchev–Trinajstić information content (AvgIpc) is 2.80. The van der Waals surface area contributed by atoms with E-state index in [2.05, 4.69) is 6.92 Å². The van der Waals surface area contributed by atoms with E-state index in [1.807, 2.05) is 31.3 Å². The Kier molecular flexibility index (Phi) is 5.24. The van der Waals surface area contributed by atoms with Crippen LogP contribution in [0, 0.1) is 12.7 Å². The Morgan fingerprint density at radius 1 is 1.28 bits per heavy atom. The van der Waals surface area contributed by atoms with Crippen LogP contribution >= 0.6 is 11.6 Å². The molecule has 2 heterocycles. The first kappa shape index (κ1) is 17.7. The third kappa shape index (κ3) is 3.62. The minimum atomic E-state index is -0.397. The van der Waals surface area contributed by atoms with Crippen molar-refractivity contribution in [1.82, 2.24) is 4.57 Å². The van der Waals surface area contributed by atoms with E-state index in [1.165, 1.54) is 11.6 Å². The lowest BCUT2D eigenvalue weighted by Crippen LogP contribution is -2.23. The van der Waals surface area contributed by atoms with Crippen LogP contribution in [0.2, 0.25) is 5.02 Å². The zero-order chi connectivity index (χ0) is 18.0. The van der Waals surface area contributed by atoms with E-state index in [-0.39, 0.29) is 10.6 Å². The summed E-state index contributed by atoms with van der Waals surface area (Å²) >= 11 is 5.88. The molecule has 0 saturated carbocycles. The highest BCUT2D eigenvalue weighted by atomic mass is 35.5. The molecule has 4 heteroatoms. The number of aromatic nitrogens is 1. The fourth-order valence-corrected chi connectivity index (χ4v) is 3.46. The Balaban J connectivity index is 2.07. The standard InChI is InChI=1S/C21H21ClFNO/c1-3-6-16-11-14(2)21(25)24-13-15(7-4-10-19(16)24)12-17-8-5-9-18(22)20(17)23/h4-5,7-9,11,13H,3,6,10,12H2,1-2H3. The molecule has 0 spiro atoms. The lowest BCUT2D eigenvalue weighted by atomic mass is 10.0. The maximum Gasteiger partial charge on any atom is 0.257 e. The summed E-state index contributed by atoms with van der Waals surface area (Å²) in [7, 11) is 0. The second-order valence-corrected chi connectivity index (χ2v) is 6.83. The van der Waals surface area contributed by atoms with Gasteiger partial charge in [-0.3, -0.25) is 9.36 Å². The molecule has 0 radical (unpaired) electrons. The number of rotatable bonds is 4. The summed E-state index contributed by atoms with van der Waals surface area (Å²) in [5, 5.41) is 0.120. The lowest BCUT2D eigenvalue weighted by Gasteiger charge is -2.14. The van der Waals surface area contributed by atoms with Gasteiger partial charge in [-0.05, 0) is 42.2 Å². The van der Waals surface area contributed by atoms with E-state index in [4.69, 9.17) is 11.6 Å². The molecule has 25 heavy (non-hydrogen) atoms. The Labute approximate surface area is 152 Å². The van der Waals surface area contributed by atoms with Gasteiger partial charge in [0.1, 0.15) is 5.82 Å². The molecule has 1 aliphatic rings. The van der Waals surface area contributed by atoms with Gasteiger partial charge in [-0.1, -0.05) is 49.2 Å². The molecule has 2 nitrogen and oxygen atoms in total. The molecule has 130 valence electrons. The van der Waals surface area contributed by atoms with Crippen LogP contribution in [-0.4, -0.2) is 4.57 Å². The summed E-state index contributed by atoms with van der Waals surface area (Å²) in [6.45, 7) is 3.98. The fourth-order valence-electron chi connectivity index (χ4n) is 3.27. The topological polar surface area (TPSA) is 22.0 Å². The van der Waals surface area contributed by atoms with Crippen molar-refractivity contribution in [2.24, 2.45) is 0 Å². The van der Waals surface area contributed by atoms with E-state index in [1.54, 1.807) is 16.7 Å². The van der Waals surface area contributed by atoms with Gasteiger partial charge in [0.2, 0.25) is 0 Å². The van der Waals surface area contributed by atoms with Crippen LogP contribution in [0.1, 0.15) is 35.7 Å². The van der Waals surface area contributed by atoms with Crippen LogP contribution in [0.4, 0.5) is 4.39 Å². The maximum absolute atomic E-state index is 14.2. The summed E-state index contributed by atoms with van der Waals surface area (Å²) in [6, 6.07) is 7.01. The summed E-state index contributed by atoms with van der Waals surface area (Å²) < 4.78 is 15.9. The third-order valence-electron chi connectivity index (χ3n) is 4.49. The first-order chi connectivity index (χ1) is 12.0. The van der Waals surface area contributed by atoms with Gasteiger partial charge >= 0.3 is 0 Å². The highest BCUT2D eigenvalue weighted by molar-refractivity contribution is 6.30. The molecule has 1 aliphatic heterocycles. The van der Waals surface area contributed by atoms with E-state index in [0.29, 0.717) is 18.4 Å². The molecule has 3 rings (SSSR count). The molecule has 0 fully saturated rings. The molecule has 0 aliphatic carbocycles. The Morgan fingerprint density at radius 2 is 2.08 bits per heavy atom. The van der Waals surface area contributed by atoms with Crippen LogP contribution in [-0.2, 0) is 19.3 Å².